The molecule has 0 unspecified atom stereocenters. The van der Waals surface area contributed by atoms with Crippen LogP contribution in [0.25, 0.3) is 0 Å². The predicted octanol–water partition coefficient (Wildman–Crippen LogP) is 1.87. The molecule has 4 heteroatoms. The van der Waals surface area contributed by atoms with E-state index in [9.17, 15) is 4.79 Å². The predicted molar refractivity (Wildman–Crippen MR) is 36.4 cm³/mol. The second kappa shape index (κ2) is 5.92. The Morgan fingerprint density at radius 2 is 2.22 bits per heavy atom. The van der Waals surface area contributed by atoms with Gasteiger partial charge in [0.15, 0.2) is 0 Å². The van der Waals surface area contributed by atoms with E-state index in [0.717, 1.165) is 0 Å². The van der Waals surface area contributed by atoms with Crippen LogP contribution in [0.5, 0.6) is 0 Å². The molecule has 0 bridgehead atoms. The zero-order valence-electron chi connectivity index (χ0n) is 4.64. The molecule has 0 atom stereocenters. The quantitative estimate of drug-likeness (QED) is 0.474. The zero-order valence-corrected chi connectivity index (χ0v) is 6.15. The molecular formula is C5H6Cl2O2. The highest BCUT2D eigenvalue weighted by atomic mass is 35.5. The maximum absolute atomic E-state index is 9.54. The SMILES string of the molecule is O=COCCC=C(Cl)Cl. The van der Waals surface area contributed by atoms with E-state index >= 15 is 0 Å². The average molecular weight is 169 g/mol. The van der Waals surface area contributed by atoms with Gasteiger partial charge in [-0.1, -0.05) is 29.3 Å². The molecule has 0 amide bonds. The molecule has 0 spiro atoms. The van der Waals surface area contributed by atoms with Gasteiger partial charge >= 0.3 is 0 Å². The van der Waals surface area contributed by atoms with Crippen molar-refractivity contribution in [3.05, 3.63) is 10.6 Å². The van der Waals surface area contributed by atoms with Crippen LogP contribution in [-0.4, -0.2) is 13.1 Å². The first-order valence-electron chi connectivity index (χ1n) is 2.33. The number of carbonyl (C=O) groups is 1. The van der Waals surface area contributed by atoms with Gasteiger partial charge in [0.2, 0.25) is 0 Å². The summed E-state index contributed by atoms with van der Waals surface area (Å²) in [6.45, 7) is 0.711. The van der Waals surface area contributed by atoms with Crippen molar-refractivity contribution in [1.82, 2.24) is 0 Å². The fraction of sp³-hybridized carbons (Fsp3) is 0.400. The van der Waals surface area contributed by atoms with E-state index in [-0.39, 0.29) is 4.49 Å². The van der Waals surface area contributed by atoms with Gasteiger partial charge in [0, 0.05) is 6.42 Å². The lowest BCUT2D eigenvalue weighted by Crippen LogP contribution is -1.87. The van der Waals surface area contributed by atoms with Crippen molar-refractivity contribution in [3.63, 3.8) is 0 Å². The molecule has 0 saturated heterocycles. The molecular weight excluding hydrogens is 163 g/mol. The standard InChI is InChI=1S/C5H6Cl2O2/c6-5(7)2-1-3-9-4-8/h2,4H,1,3H2. The monoisotopic (exact) mass is 168 g/mol. The van der Waals surface area contributed by atoms with Crippen molar-refractivity contribution in [2.24, 2.45) is 0 Å². The van der Waals surface area contributed by atoms with E-state index < -0.39 is 0 Å². The molecule has 9 heavy (non-hydrogen) atoms. The van der Waals surface area contributed by atoms with Crippen LogP contribution >= 0.6 is 23.2 Å². The minimum absolute atomic E-state index is 0.199. The summed E-state index contributed by atoms with van der Waals surface area (Å²) in [6, 6.07) is 0. The van der Waals surface area contributed by atoms with E-state index in [0.29, 0.717) is 19.5 Å². The van der Waals surface area contributed by atoms with Gasteiger partial charge in [-0.25, -0.2) is 0 Å². The lowest BCUT2D eigenvalue weighted by atomic mass is 10.5. The van der Waals surface area contributed by atoms with Crippen molar-refractivity contribution >= 4 is 29.7 Å². The van der Waals surface area contributed by atoms with Crippen LogP contribution < -0.4 is 0 Å². The molecule has 0 aliphatic heterocycles. The maximum Gasteiger partial charge on any atom is 0.293 e. The number of hydrogen-bond donors (Lipinski definition) is 0. The summed E-state index contributed by atoms with van der Waals surface area (Å²) < 4.78 is 4.54. The van der Waals surface area contributed by atoms with E-state index in [2.05, 4.69) is 4.74 Å². The minimum atomic E-state index is 0.199. The Morgan fingerprint density at radius 1 is 1.56 bits per heavy atom. The maximum atomic E-state index is 9.54. The van der Waals surface area contributed by atoms with Crippen LogP contribution in [0.4, 0.5) is 0 Å². The number of hydrogen-bond acceptors (Lipinski definition) is 2. The highest BCUT2D eigenvalue weighted by molar-refractivity contribution is 6.55. The van der Waals surface area contributed by atoms with Crippen molar-refractivity contribution in [1.29, 1.82) is 0 Å². The Hall–Kier alpha value is -0.210. The van der Waals surface area contributed by atoms with Crippen LogP contribution in [0.3, 0.4) is 0 Å². The Balaban J connectivity index is 3.09. The van der Waals surface area contributed by atoms with E-state index in [1.165, 1.54) is 0 Å². The van der Waals surface area contributed by atoms with Gasteiger partial charge in [0.05, 0.1) is 6.61 Å². The van der Waals surface area contributed by atoms with Crippen molar-refractivity contribution in [2.75, 3.05) is 6.61 Å². The summed E-state index contributed by atoms with van der Waals surface area (Å²) in [5.41, 5.74) is 0. The Bertz CT molecular complexity index is 108. The summed E-state index contributed by atoms with van der Waals surface area (Å²) in [4.78, 5) is 9.54. The van der Waals surface area contributed by atoms with E-state index in [1.807, 2.05) is 0 Å². The molecule has 0 N–H and O–H groups in total. The smallest absolute Gasteiger partial charge is 0.293 e. The van der Waals surface area contributed by atoms with Crippen LogP contribution in [0.15, 0.2) is 10.6 Å². The van der Waals surface area contributed by atoms with Gasteiger partial charge < -0.3 is 4.74 Å². The van der Waals surface area contributed by atoms with Gasteiger partial charge in [0.25, 0.3) is 6.47 Å². The van der Waals surface area contributed by atoms with Gasteiger partial charge in [-0.15, -0.1) is 0 Å². The summed E-state index contributed by atoms with van der Waals surface area (Å²) in [7, 11) is 0. The normalized spacial score (nSPS) is 8.22. The Morgan fingerprint density at radius 3 is 2.67 bits per heavy atom. The number of rotatable bonds is 4. The molecule has 2 nitrogen and oxygen atoms in total. The summed E-state index contributed by atoms with van der Waals surface area (Å²) in [6.07, 6.45) is 2.12. The van der Waals surface area contributed by atoms with Crippen molar-refractivity contribution < 1.29 is 9.53 Å². The van der Waals surface area contributed by atoms with Gasteiger partial charge in [-0.2, -0.15) is 0 Å². The number of ether oxygens (including phenoxy) is 1. The van der Waals surface area contributed by atoms with E-state index in [4.69, 9.17) is 23.2 Å². The fourth-order valence-corrected chi connectivity index (χ4v) is 0.502. The lowest BCUT2D eigenvalue weighted by molar-refractivity contribution is -0.128. The Labute approximate surface area is 63.4 Å². The summed E-state index contributed by atoms with van der Waals surface area (Å²) in [5.74, 6) is 0. The van der Waals surface area contributed by atoms with Crippen LogP contribution in [0.1, 0.15) is 6.42 Å². The van der Waals surface area contributed by atoms with Crippen molar-refractivity contribution in [3.8, 4) is 0 Å². The molecule has 0 heterocycles. The fourth-order valence-electron chi connectivity index (χ4n) is 0.284. The third kappa shape index (κ3) is 7.79. The molecule has 0 aromatic rings. The molecule has 0 aromatic carbocycles. The van der Waals surface area contributed by atoms with Crippen LogP contribution in [0.2, 0.25) is 0 Å². The van der Waals surface area contributed by atoms with Crippen LogP contribution in [0, 0.1) is 0 Å². The largest absolute Gasteiger partial charge is 0.468 e. The molecule has 0 rings (SSSR count). The molecule has 52 valence electrons. The molecule has 0 radical (unpaired) electrons. The van der Waals surface area contributed by atoms with Crippen molar-refractivity contribution in [2.45, 2.75) is 6.42 Å². The first-order chi connectivity index (χ1) is 4.27. The second-order valence-corrected chi connectivity index (χ2v) is 2.26. The van der Waals surface area contributed by atoms with Gasteiger partial charge in [-0.05, 0) is 0 Å². The topological polar surface area (TPSA) is 26.3 Å². The highest BCUT2D eigenvalue weighted by Crippen LogP contribution is 2.06. The minimum Gasteiger partial charge on any atom is -0.468 e. The Kier molecular flexibility index (Phi) is 5.78. The number of halogens is 2. The molecule has 0 aromatic heterocycles. The molecule has 0 aliphatic rings. The first-order valence-corrected chi connectivity index (χ1v) is 3.09. The molecule has 0 saturated carbocycles. The number of carbonyl (C=O) groups excluding carboxylic acids is 1. The zero-order chi connectivity index (χ0) is 7.11. The van der Waals surface area contributed by atoms with E-state index in [1.54, 1.807) is 6.08 Å². The lowest BCUT2D eigenvalue weighted by Gasteiger charge is -1.90. The average Bonchev–Trinajstić information content (AvgIpc) is 1.80. The van der Waals surface area contributed by atoms with Crippen LogP contribution in [-0.2, 0) is 9.53 Å². The second-order valence-electron chi connectivity index (χ2n) is 1.25. The third-order valence-electron chi connectivity index (χ3n) is 0.602. The molecule has 0 fully saturated rings. The molecule has 0 aliphatic carbocycles. The summed E-state index contributed by atoms with van der Waals surface area (Å²) in [5, 5.41) is 0. The highest BCUT2D eigenvalue weighted by Gasteiger charge is 1.83. The van der Waals surface area contributed by atoms with Gasteiger partial charge in [0.1, 0.15) is 4.49 Å². The first kappa shape index (κ1) is 8.79. The van der Waals surface area contributed by atoms with Gasteiger partial charge in [-0.3, -0.25) is 4.79 Å². The third-order valence-corrected chi connectivity index (χ3v) is 0.911. The summed E-state index contributed by atoms with van der Waals surface area (Å²) >= 11 is 10.5.